The summed E-state index contributed by atoms with van der Waals surface area (Å²) in [5.74, 6) is 0.988. The van der Waals surface area contributed by atoms with Gasteiger partial charge in [0.1, 0.15) is 0 Å². The van der Waals surface area contributed by atoms with Gasteiger partial charge in [-0.25, -0.2) is 0 Å². The zero-order chi connectivity index (χ0) is 10.4. The second-order valence-corrected chi connectivity index (χ2v) is 5.68. The first-order valence-electron chi connectivity index (χ1n) is 6.25. The molecule has 0 aromatic rings. The number of aliphatic hydroxyl groups is 1. The van der Waals surface area contributed by atoms with Gasteiger partial charge in [0.15, 0.2) is 0 Å². The molecule has 0 aromatic heterocycles. The molecule has 0 atom stereocenters. The van der Waals surface area contributed by atoms with Crippen molar-refractivity contribution in [2.24, 2.45) is 11.3 Å². The maximum absolute atomic E-state index is 8.94. The van der Waals surface area contributed by atoms with E-state index in [0.717, 1.165) is 12.3 Å². The molecule has 14 heavy (non-hydrogen) atoms. The predicted octanol–water partition coefficient (Wildman–Crippen LogP) is 3.76. The molecule has 84 valence electrons. The summed E-state index contributed by atoms with van der Waals surface area (Å²) < 4.78 is 0. The molecule has 1 fully saturated rings. The molecule has 1 N–H and O–H groups in total. The summed E-state index contributed by atoms with van der Waals surface area (Å²) in [5.41, 5.74) is 0.353. The molecule has 0 saturated heterocycles. The second-order valence-electron chi connectivity index (χ2n) is 5.68. The molecule has 0 amide bonds. The largest absolute Gasteiger partial charge is 0.396 e. The minimum atomic E-state index is 0.345. The topological polar surface area (TPSA) is 20.2 Å². The molecule has 1 heteroatoms. The predicted molar refractivity (Wildman–Crippen MR) is 61.3 cm³/mol. The molecule has 1 nitrogen and oxygen atoms in total. The molecule has 1 aliphatic carbocycles. The van der Waals surface area contributed by atoms with Crippen molar-refractivity contribution in [3.8, 4) is 0 Å². The van der Waals surface area contributed by atoms with Gasteiger partial charge in [-0.15, -0.1) is 0 Å². The molecule has 0 radical (unpaired) electrons. The van der Waals surface area contributed by atoms with Crippen molar-refractivity contribution in [1.82, 2.24) is 0 Å². The monoisotopic (exact) mass is 198 g/mol. The first-order chi connectivity index (χ1) is 6.64. The van der Waals surface area contributed by atoms with Gasteiger partial charge in [0, 0.05) is 6.61 Å². The van der Waals surface area contributed by atoms with Gasteiger partial charge in [-0.3, -0.25) is 0 Å². The molecular formula is C13H26O. The minimum absolute atomic E-state index is 0.345. The van der Waals surface area contributed by atoms with Crippen LogP contribution < -0.4 is 0 Å². The highest BCUT2D eigenvalue weighted by atomic mass is 16.3. The lowest BCUT2D eigenvalue weighted by atomic mass is 9.78. The van der Waals surface area contributed by atoms with Gasteiger partial charge in [0.05, 0.1) is 0 Å². The van der Waals surface area contributed by atoms with Gasteiger partial charge >= 0.3 is 0 Å². The van der Waals surface area contributed by atoms with E-state index in [9.17, 15) is 0 Å². The van der Waals surface area contributed by atoms with E-state index in [2.05, 4.69) is 13.8 Å². The highest BCUT2D eigenvalue weighted by molar-refractivity contribution is 4.72. The van der Waals surface area contributed by atoms with Crippen LogP contribution in [0.4, 0.5) is 0 Å². The Kier molecular flexibility index (Phi) is 4.94. The van der Waals surface area contributed by atoms with Gasteiger partial charge in [0.25, 0.3) is 0 Å². The van der Waals surface area contributed by atoms with Crippen LogP contribution >= 0.6 is 0 Å². The fraction of sp³-hybridized carbons (Fsp3) is 1.00. The number of hydrogen-bond acceptors (Lipinski definition) is 1. The Morgan fingerprint density at radius 3 is 2.29 bits per heavy atom. The summed E-state index contributed by atoms with van der Waals surface area (Å²) >= 11 is 0. The molecule has 0 aromatic carbocycles. The summed E-state index contributed by atoms with van der Waals surface area (Å²) in [5, 5.41) is 8.94. The quantitative estimate of drug-likeness (QED) is 0.713. The highest BCUT2D eigenvalue weighted by Crippen LogP contribution is 2.33. The Hall–Kier alpha value is -0.0400. The summed E-state index contributed by atoms with van der Waals surface area (Å²) in [6.45, 7) is 4.91. The van der Waals surface area contributed by atoms with Gasteiger partial charge < -0.3 is 5.11 Å². The minimum Gasteiger partial charge on any atom is -0.396 e. The third-order valence-corrected chi connectivity index (χ3v) is 3.74. The van der Waals surface area contributed by atoms with Crippen LogP contribution in [0.2, 0.25) is 0 Å². The van der Waals surface area contributed by atoms with Crippen molar-refractivity contribution in [1.29, 1.82) is 0 Å². The standard InChI is InChI=1S/C13H26O/c1-13(2,10-11-14)9-8-12-6-4-3-5-7-12/h12,14H,3-11H2,1-2H3. The Balaban J connectivity index is 2.17. The lowest BCUT2D eigenvalue weighted by Crippen LogP contribution is -2.16. The first kappa shape index (κ1) is 12.0. The average Bonchev–Trinajstić information content (AvgIpc) is 2.17. The lowest BCUT2D eigenvalue weighted by Gasteiger charge is -2.28. The van der Waals surface area contributed by atoms with Crippen LogP contribution in [0.3, 0.4) is 0 Å². The molecule has 1 rings (SSSR count). The van der Waals surface area contributed by atoms with E-state index in [1.807, 2.05) is 0 Å². The van der Waals surface area contributed by atoms with E-state index in [0.29, 0.717) is 12.0 Å². The Morgan fingerprint density at radius 1 is 1.07 bits per heavy atom. The maximum Gasteiger partial charge on any atom is 0.0436 e. The SMILES string of the molecule is CC(C)(CCO)CCC1CCCCC1. The van der Waals surface area contributed by atoms with E-state index in [1.165, 1.54) is 44.9 Å². The van der Waals surface area contributed by atoms with Gasteiger partial charge in [-0.05, 0) is 30.6 Å². The van der Waals surface area contributed by atoms with Crippen molar-refractivity contribution >= 4 is 0 Å². The second kappa shape index (κ2) is 5.75. The molecule has 0 bridgehead atoms. The Labute approximate surface area is 88.9 Å². The van der Waals surface area contributed by atoms with Gasteiger partial charge in [0.2, 0.25) is 0 Å². The fourth-order valence-electron chi connectivity index (χ4n) is 2.50. The average molecular weight is 198 g/mol. The highest BCUT2D eigenvalue weighted by Gasteiger charge is 2.20. The summed E-state index contributed by atoms with van der Waals surface area (Å²) in [4.78, 5) is 0. The molecule has 0 unspecified atom stereocenters. The van der Waals surface area contributed by atoms with Crippen LogP contribution in [-0.2, 0) is 0 Å². The van der Waals surface area contributed by atoms with Crippen LogP contribution in [-0.4, -0.2) is 11.7 Å². The first-order valence-corrected chi connectivity index (χ1v) is 6.25. The third-order valence-electron chi connectivity index (χ3n) is 3.74. The number of hydrogen-bond donors (Lipinski definition) is 1. The van der Waals surface area contributed by atoms with Gasteiger partial charge in [-0.1, -0.05) is 46.0 Å². The van der Waals surface area contributed by atoms with Gasteiger partial charge in [-0.2, -0.15) is 0 Å². The molecule has 0 heterocycles. The van der Waals surface area contributed by atoms with E-state index in [4.69, 9.17) is 5.11 Å². The Morgan fingerprint density at radius 2 is 1.71 bits per heavy atom. The van der Waals surface area contributed by atoms with Crippen molar-refractivity contribution in [3.63, 3.8) is 0 Å². The zero-order valence-electron chi connectivity index (χ0n) is 9.89. The molecule has 1 aliphatic rings. The summed E-state index contributed by atoms with van der Waals surface area (Å²) in [6, 6.07) is 0. The van der Waals surface area contributed by atoms with Crippen LogP contribution in [0, 0.1) is 11.3 Å². The van der Waals surface area contributed by atoms with Crippen LogP contribution in [0.15, 0.2) is 0 Å². The van der Waals surface area contributed by atoms with E-state index < -0.39 is 0 Å². The van der Waals surface area contributed by atoms with E-state index in [-0.39, 0.29) is 0 Å². The lowest BCUT2D eigenvalue weighted by molar-refractivity contribution is 0.185. The van der Waals surface area contributed by atoms with Crippen LogP contribution in [0.25, 0.3) is 0 Å². The number of rotatable bonds is 5. The van der Waals surface area contributed by atoms with Crippen LogP contribution in [0.5, 0.6) is 0 Å². The number of aliphatic hydroxyl groups excluding tert-OH is 1. The normalized spacial score (nSPS) is 19.9. The van der Waals surface area contributed by atoms with E-state index in [1.54, 1.807) is 0 Å². The molecular weight excluding hydrogens is 172 g/mol. The fourth-order valence-corrected chi connectivity index (χ4v) is 2.50. The molecule has 0 aliphatic heterocycles. The maximum atomic E-state index is 8.94. The smallest absolute Gasteiger partial charge is 0.0436 e. The van der Waals surface area contributed by atoms with Crippen molar-refractivity contribution in [3.05, 3.63) is 0 Å². The molecule has 0 spiro atoms. The summed E-state index contributed by atoms with van der Waals surface area (Å²) in [6.07, 6.45) is 10.9. The zero-order valence-corrected chi connectivity index (χ0v) is 9.89. The third kappa shape index (κ3) is 4.45. The Bertz CT molecular complexity index is 145. The van der Waals surface area contributed by atoms with Crippen LogP contribution in [0.1, 0.15) is 65.2 Å². The molecule has 1 saturated carbocycles. The summed E-state index contributed by atoms with van der Waals surface area (Å²) in [7, 11) is 0. The van der Waals surface area contributed by atoms with E-state index >= 15 is 0 Å². The van der Waals surface area contributed by atoms with Crippen molar-refractivity contribution in [2.75, 3.05) is 6.61 Å². The van der Waals surface area contributed by atoms with Crippen molar-refractivity contribution in [2.45, 2.75) is 65.2 Å². The van der Waals surface area contributed by atoms with Crippen molar-refractivity contribution < 1.29 is 5.11 Å².